The number of nitrogens with zero attached hydrogens (tertiary/aromatic N) is 1. The summed E-state index contributed by atoms with van der Waals surface area (Å²) in [5.41, 5.74) is 1.74. The standard InChI is InChI=1S/C22H15FN2O3S/c23-18-9-7-15(8-10-18)19-13-29-22(24-19)25-20(26)12-28-21(27)17-6-5-14-3-1-2-4-16(14)11-17/h1-11,13H,12H2,(H,24,25,26). The van der Waals surface area contributed by atoms with Gasteiger partial charge >= 0.3 is 5.97 Å². The predicted molar refractivity (Wildman–Crippen MR) is 110 cm³/mol. The third-order valence-electron chi connectivity index (χ3n) is 4.21. The van der Waals surface area contributed by atoms with E-state index in [9.17, 15) is 14.0 Å². The van der Waals surface area contributed by atoms with Gasteiger partial charge in [-0.1, -0.05) is 30.3 Å². The molecule has 0 fully saturated rings. The maximum Gasteiger partial charge on any atom is 0.338 e. The molecule has 1 amide bonds. The van der Waals surface area contributed by atoms with Crippen molar-refractivity contribution in [1.29, 1.82) is 0 Å². The SMILES string of the molecule is O=C(COC(=O)c1ccc2ccccc2c1)Nc1nc(-c2ccc(F)cc2)cs1. The first-order valence-corrected chi connectivity index (χ1v) is 9.64. The summed E-state index contributed by atoms with van der Waals surface area (Å²) in [7, 11) is 0. The smallest absolute Gasteiger partial charge is 0.338 e. The molecule has 0 saturated carbocycles. The van der Waals surface area contributed by atoms with Crippen LogP contribution in [0.4, 0.5) is 9.52 Å². The third kappa shape index (κ3) is 4.47. The first-order chi connectivity index (χ1) is 14.1. The van der Waals surface area contributed by atoms with E-state index in [1.165, 1.54) is 23.5 Å². The van der Waals surface area contributed by atoms with Crippen molar-refractivity contribution >= 4 is 39.1 Å². The van der Waals surface area contributed by atoms with E-state index in [4.69, 9.17) is 4.74 Å². The van der Waals surface area contributed by atoms with Gasteiger partial charge in [-0.25, -0.2) is 14.2 Å². The highest BCUT2D eigenvalue weighted by Crippen LogP contribution is 2.25. The molecule has 0 bridgehead atoms. The van der Waals surface area contributed by atoms with Gasteiger partial charge in [0.25, 0.3) is 5.91 Å². The number of carbonyl (C=O) groups excluding carboxylic acids is 2. The van der Waals surface area contributed by atoms with E-state index in [0.29, 0.717) is 16.4 Å². The van der Waals surface area contributed by atoms with Crippen LogP contribution in [-0.4, -0.2) is 23.5 Å². The molecule has 144 valence electrons. The van der Waals surface area contributed by atoms with Crippen LogP contribution in [0.25, 0.3) is 22.0 Å². The minimum atomic E-state index is -0.572. The molecule has 5 nitrogen and oxygen atoms in total. The number of aromatic nitrogens is 1. The van der Waals surface area contributed by atoms with Crippen molar-refractivity contribution in [2.24, 2.45) is 0 Å². The summed E-state index contributed by atoms with van der Waals surface area (Å²) in [6.45, 7) is -0.420. The summed E-state index contributed by atoms with van der Waals surface area (Å²) in [5.74, 6) is -1.39. The highest BCUT2D eigenvalue weighted by molar-refractivity contribution is 7.14. The lowest BCUT2D eigenvalue weighted by molar-refractivity contribution is -0.119. The number of fused-ring (bicyclic) bond motifs is 1. The Kier molecular flexibility index (Phi) is 5.31. The lowest BCUT2D eigenvalue weighted by Gasteiger charge is -2.06. The van der Waals surface area contributed by atoms with E-state index in [-0.39, 0.29) is 5.82 Å². The largest absolute Gasteiger partial charge is 0.452 e. The zero-order valence-electron chi connectivity index (χ0n) is 15.1. The Balaban J connectivity index is 1.35. The Morgan fingerprint density at radius 2 is 1.76 bits per heavy atom. The van der Waals surface area contributed by atoms with Crippen molar-refractivity contribution < 1.29 is 18.7 Å². The molecule has 0 aliphatic rings. The fourth-order valence-corrected chi connectivity index (χ4v) is 3.51. The summed E-state index contributed by atoms with van der Waals surface area (Å²) < 4.78 is 18.1. The van der Waals surface area contributed by atoms with E-state index in [1.54, 1.807) is 29.6 Å². The van der Waals surface area contributed by atoms with Gasteiger partial charge < -0.3 is 4.74 Å². The molecule has 4 aromatic rings. The third-order valence-corrected chi connectivity index (χ3v) is 4.97. The molecular formula is C22H15FN2O3S. The van der Waals surface area contributed by atoms with Crippen molar-refractivity contribution in [2.45, 2.75) is 0 Å². The van der Waals surface area contributed by atoms with Gasteiger partial charge in [-0.05, 0) is 47.2 Å². The molecule has 7 heteroatoms. The van der Waals surface area contributed by atoms with Crippen LogP contribution in [0.5, 0.6) is 0 Å². The average Bonchev–Trinajstić information content (AvgIpc) is 3.20. The molecule has 4 rings (SSSR count). The van der Waals surface area contributed by atoms with Gasteiger partial charge in [0.15, 0.2) is 11.7 Å². The summed E-state index contributed by atoms with van der Waals surface area (Å²) in [6.07, 6.45) is 0. The van der Waals surface area contributed by atoms with Crippen molar-refractivity contribution in [3.05, 3.63) is 83.5 Å². The number of ether oxygens (including phenoxy) is 1. The van der Waals surface area contributed by atoms with Crippen LogP contribution in [0.2, 0.25) is 0 Å². The van der Waals surface area contributed by atoms with Crippen molar-refractivity contribution in [3.63, 3.8) is 0 Å². The number of thiazole rings is 1. The topological polar surface area (TPSA) is 68.3 Å². The second-order valence-corrected chi connectivity index (χ2v) is 7.09. The molecule has 0 saturated heterocycles. The van der Waals surface area contributed by atoms with E-state index in [0.717, 1.165) is 16.3 Å². The maximum absolute atomic E-state index is 13.0. The molecule has 3 aromatic carbocycles. The Bertz CT molecular complexity index is 1190. The number of nitrogens with one attached hydrogen (secondary N) is 1. The van der Waals surface area contributed by atoms with Crippen LogP contribution in [0.15, 0.2) is 72.1 Å². The number of amides is 1. The number of hydrogen-bond donors (Lipinski definition) is 1. The molecule has 1 heterocycles. The number of rotatable bonds is 5. The van der Waals surface area contributed by atoms with Gasteiger partial charge in [0.1, 0.15) is 5.82 Å². The fraction of sp³-hybridized carbons (Fsp3) is 0.0455. The zero-order valence-corrected chi connectivity index (χ0v) is 15.9. The molecule has 0 unspecified atom stereocenters. The minimum absolute atomic E-state index is 0.328. The number of hydrogen-bond acceptors (Lipinski definition) is 5. The summed E-state index contributed by atoms with van der Waals surface area (Å²) in [6, 6.07) is 18.8. The minimum Gasteiger partial charge on any atom is -0.452 e. The van der Waals surface area contributed by atoms with Crippen molar-refractivity contribution in [3.8, 4) is 11.3 Å². The predicted octanol–water partition coefficient (Wildman–Crippen LogP) is 4.90. The van der Waals surface area contributed by atoms with E-state index < -0.39 is 18.5 Å². The van der Waals surface area contributed by atoms with Crippen LogP contribution in [0, 0.1) is 5.82 Å². The molecule has 1 aromatic heterocycles. The van der Waals surface area contributed by atoms with Gasteiger partial charge in [-0.3, -0.25) is 10.1 Å². The lowest BCUT2D eigenvalue weighted by Crippen LogP contribution is -2.20. The highest BCUT2D eigenvalue weighted by atomic mass is 32.1. The summed E-state index contributed by atoms with van der Waals surface area (Å²) in [4.78, 5) is 28.6. The Hall–Kier alpha value is -3.58. The second-order valence-electron chi connectivity index (χ2n) is 6.23. The fourth-order valence-electron chi connectivity index (χ4n) is 2.77. The second kappa shape index (κ2) is 8.20. The molecule has 0 radical (unpaired) electrons. The van der Waals surface area contributed by atoms with Crippen molar-refractivity contribution in [2.75, 3.05) is 11.9 Å². The Morgan fingerprint density at radius 3 is 2.55 bits per heavy atom. The Labute approximate surface area is 169 Å². The van der Waals surface area contributed by atoms with Gasteiger partial charge in [0.2, 0.25) is 0 Å². The van der Waals surface area contributed by atoms with Gasteiger partial charge in [-0.2, -0.15) is 0 Å². The normalized spacial score (nSPS) is 10.7. The number of carbonyl (C=O) groups is 2. The summed E-state index contributed by atoms with van der Waals surface area (Å²) >= 11 is 1.23. The van der Waals surface area contributed by atoms with Crippen LogP contribution >= 0.6 is 11.3 Å². The quantitative estimate of drug-likeness (QED) is 0.479. The molecule has 0 aliphatic heterocycles. The highest BCUT2D eigenvalue weighted by Gasteiger charge is 2.13. The van der Waals surface area contributed by atoms with E-state index in [2.05, 4.69) is 10.3 Å². The number of benzene rings is 3. The molecule has 1 N–H and O–H groups in total. The van der Waals surface area contributed by atoms with Gasteiger partial charge in [0, 0.05) is 10.9 Å². The Morgan fingerprint density at radius 1 is 1.00 bits per heavy atom. The zero-order chi connectivity index (χ0) is 20.2. The molecule has 29 heavy (non-hydrogen) atoms. The first kappa shape index (κ1) is 18.8. The number of anilines is 1. The molecule has 0 spiro atoms. The van der Waals surface area contributed by atoms with E-state index >= 15 is 0 Å². The first-order valence-electron chi connectivity index (χ1n) is 8.76. The monoisotopic (exact) mass is 406 g/mol. The molecule has 0 atom stereocenters. The van der Waals surface area contributed by atoms with Gasteiger partial charge in [0.05, 0.1) is 11.3 Å². The number of esters is 1. The molecule has 0 aliphatic carbocycles. The van der Waals surface area contributed by atoms with Crippen LogP contribution in [0.3, 0.4) is 0 Å². The van der Waals surface area contributed by atoms with Crippen LogP contribution in [0.1, 0.15) is 10.4 Å². The lowest BCUT2D eigenvalue weighted by atomic mass is 10.1. The van der Waals surface area contributed by atoms with Crippen molar-refractivity contribution in [1.82, 2.24) is 4.98 Å². The van der Waals surface area contributed by atoms with E-state index in [1.807, 2.05) is 30.3 Å². The summed E-state index contributed by atoms with van der Waals surface area (Å²) in [5, 5.41) is 6.66. The van der Waals surface area contributed by atoms with Crippen LogP contribution in [-0.2, 0) is 9.53 Å². The van der Waals surface area contributed by atoms with Gasteiger partial charge in [-0.15, -0.1) is 11.3 Å². The average molecular weight is 406 g/mol. The van der Waals surface area contributed by atoms with Crippen LogP contribution < -0.4 is 5.32 Å². The molecular weight excluding hydrogens is 391 g/mol. The number of halogens is 1. The maximum atomic E-state index is 13.0.